The van der Waals surface area contributed by atoms with E-state index in [1.54, 1.807) is 0 Å². The first-order chi connectivity index (χ1) is 8.07. The van der Waals surface area contributed by atoms with Crippen molar-refractivity contribution in [3.63, 3.8) is 0 Å². The van der Waals surface area contributed by atoms with Crippen LogP contribution in [0.5, 0.6) is 0 Å². The van der Waals surface area contributed by atoms with Gasteiger partial charge in [-0.05, 0) is 31.6 Å². The van der Waals surface area contributed by atoms with Crippen LogP contribution in [0.3, 0.4) is 0 Å². The molecule has 17 heavy (non-hydrogen) atoms. The van der Waals surface area contributed by atoms with Gasteiger partial charge >= 0.3 is 0 Å². The highest BCUT2D eigenvalue weighted by Gasteiger charge is 2.50. The Morgan fingerprint density at radius 2 is 2.00 bits per heavy atom. The van der Waals surface area contributed by atoms with Crippen LogP contribution in [0, 0.1) is 5.92 Å². The van der Waals surface area contributed by atoms with Crippen molar-refractivity contribution >= 4 is 5.91 Å². The molecule has 2 fully saturated rings. The molecule has 1 saturated carbocycles. The van der Waals surface area contributed by atoms with Gasteiger partial charge in [-0.2, -0.15) is 0 Å². The fourth-order valence-corrected chi connectivity index (χ4v) is 2.78. The van der Waals surface area contributed by atoms with Gasteiger partial charge in [0.15, 0.2) is 0 Å². The van der Waals surface area contributed by atoms with Gasteiger partial charge in [-0.3, -0.25) is 9.69 Å². The second-order valence-corrected chi connectivity index (χ2v) is 5.73. The number of nitrogens with two attached hydrogens (primary N) is 1. The Hall–Kier alpha value is -0.610. The molecule has 4 nitrogen and oxygen atoms in total. The standard InChI is InChI=1S/C13H25N3O/c1-3-11(4-2)15-12(17)7-16-8-13(14,9-16)10-5-6-10/h10-11H,3-9,14H2,1-2H3,(H,15,17). The van der Waals surface area contributed by atoms with Crippen LogP contribution >= 0.6 is 0 Å². The van der Waals surface area contributed by atoms with Gasteiger partial charge in [-0.25, -0.2) is 0 Å². The second kappa shape index (κ2) is 4.94. The Kier molecular flexibility index (Phi) is 3.73. The average Bonchev–Trinajstić information content (AvgIpc) is 3.07. The Morgan fingerprint density at radius 3 is 2.47 bits per heavy atom. The number of nitrogens with one attached hydrogen (secondary N) is 1. The molecule has 0 atom stereocenters. The van der Waals surface area contributed by atoms with E-state index in [1.165, 1.54) is 12.8 Å². The third kappa shape index (κ3) is 2.99. The zero-order valence-corrected chi connectivity index (χ0v) is 11.0. The molecule has 1 aliphatic heterocycles. The zero-order valence-electron chi connectivity index (χ0n) is 11.0. The minimum absolute atomic E-state index is 0.0230. The first-order valence-corrected chi connectivity index (χ1v) is 6.88. The van der Waals surface area contributed by atoms with E-state index in [4.69, 9.17) is 5.73 Å². The first kappa shape index (κ1) is 12.8. The second-order valence-electron chi connectivity index (χ2n) is 5.73. The maximum atomic E-state index is 11.8. The number of carbonyl (C=O) groups excluding carboxylic acids is 1. The summed E-state index contributed by atoms with van der Waals surface area (Å²) in [6.07, 6.45) is 4.57. The van der Waals surface area contributed by atoms with Gasteiger partial charge in [-0.1, -0.05) is 13.8 Å². The predicted molar refractivity (Wildman–Crippen MR) is 68.6 cm³/mol. The lowest BCUT2D eigenvalue weighted by atomic mass is 9.86. The van der Waals surface area contributed by atoms with Crippen LogP contribution in [0.25, 0.3) is 0 Å². The maximum absolute atomic E-state index is 11.8. The van der Waals surface area contributed by atoms with Crippen LogP contribution in [0.4, 0.5) is 0 Å². The van der Waals surface area contributed by atoms with Crippen molar-refractivity contribution in [2.75, 3.05) is 19.6 Å². The molecule has 2 rings (SSSR count). The summed E-state index contributed by atoms with van der Waals surface area (Å²) in [6.45, 7) is 6.52. The SMILES string of the molecule is CCC(CC)NC(=O)CN1CC(N)(C2CC2)C1. The van der Waals surface area contributed by atoms with E-state index in [2.05, 4.69) is 24.1 Å². The van der Waals surface area contributed by atoms with Gasteiger partial charge in [0.25, 0.3) is 0 Å². The van der Waals surface area contributed by atoms with Crippen molar-refractivity contribution in [2.45, 2.75) is 51.1 Å². The minimum atomic E-state index is 0.0230. The fourth-order valence-electron chi connectivity index (χ4n) is 2.78. The molecule has 0 bridgehead atoms. The Morgan fingerprint density at radius 1 is 1.41 bits per heavy atom. The van der Waals surface area contributed by atoms with E-state index < -0.39 is 0 Å². The van der Waals surface area contributed by atoms with E-state index >= 15 is 0 Å². The van der Waals surface area contributed by atoms with Crippen LogP contribution in [0.15, 0.2) is 0 Å². The molecule has 3 N–H and O–H groups in total. The lowest BCUT2D eigenvalue weighted by Gasteiger charge is -2.48. The number of hydrogen-bond donors (Lipinski definition) is 2. The molecule has 0 aromatic rings. The van der Waals surface area contributed by atoms with E-state index in [9.17, 15) is 4.79 Å². The summed E-state index contributed by atoms with van der Waals surface area (Å²) >= 11 is 0. The average molecular weight is 239 g/mol. The minimum Gasteiger partial charge on any atom is -0.352 e. The molecular weight excluding hydrogens is 214 g/mol. The molecule has 1 amide bonds. The van der Waals surface area contributed by atoms with Crippen LogP contribution < -0.4 is 11.1 Å². The highest BCUT2D eigenvalue weighted by Crippen LogP contribution is 2.42. The quantitative estimate of drug-likeness (QED) is 0.718. The van der Waals surface area contributed by atoms with E-state index in [0.717, 1.165) is 31.8 Å². The molecular formula is C13H25N3O. The van der Waals surface area contributed by atoms with Crippen molar-refractivity contribution in [3.05, 3.63) is 0 Å². The number of amides is 1. The maximum Gasteiger partial charge on any atom is 0.234 e. The van der Waals surface area contributed by atoms with Gasteiger partial charge in [0.05, 0.1) is 6.54 Å². The number of likely N-dealkylation sites (tertiary alicyclic amines) is 1. The molecule has 0 radical (unpaired) electrons. The third-order valence-corrected chi connectivity index (χ3v) is 4.14. The molecule has 4 heteroatoms. The highest BCUT2D eigenvalue weighted by molar-refractivity contribution is 5.78. The molecule has 2 aliphatic rings. The molecule has 0 spiro atoms. The topological polar surface area (TPSA) is 58.4 Å². The van der Waals surface area contributed by atoms with E-state index in [1.807, 2.05) is 0 Å². The molecule has 0 unspecified atom stereocenters. The van der Waals surface area contributed by atoms with Crippen molar-refractivity contribution in [3.8, 4) is 0 Å². The van der Waals surface area contributed by atoms with Crippen LogP contribution in [-0.2, 0) is 4.79 Å². The fraction of sp³-hybridized carbons (Fsp3) is 0.923. The predicted octanol–water partition coefficient (Wildman–Crippen LogP) is 0.714. The number of carbonyl (C=O) groups is 1. The molecule has 98 valence electrons. The zero-order chi connectivity index (χ0) is 12.5. The molecule has 1 heterocycles. The van der Waals surface area contributed by atoms with Crippen molar-refractivity contribution in [1.82, 2.24) is 10.2 Å². The summed E-state index contributed by atoms with van der Waals surface area (Å²) in [4.78, 5) is 13.9. The Bertz CT molecular complexity index is 278. The van der Waals surface area contributed by atoms with Gasteiger partial charge in [-0.15, -0.1) is 0 Å². The summed E-state index contributed by atoms with van der Waals surface area (Å²) < 4.78 is 0. The first-order valence-electron chi connectivity index (χ1n) is 6.88. The monoisotopic (exact) mass is 239 g/mol. The van der Waals surface area contributed by atoms with E-state index in [-0.39, 0.29) is 11.4 Å². The van der Waals surface area contributed by atoms with Crippen LogP contribution in [-0.4, -0.2) is 42.0 Å². The molecule has 1 aliphatic carbocycles. The van der Waals surface area contributed by atoms with Gasteiger partial charge < -0.3 is 11.1 Å². The molecule has 0 aromatic heterocycles. The highest BCUT2D eigenvalue weighted by atomic mass is 16.2. The van der Waals surface area contributed by atoms with Gasteiger partial charge in [0, 0.05) is 24.7 Å². The summed E-state index contributed by atoms with van der Waals surface area (Å²) in [7, 11) is 0. The molecule has 1 saturated heterocycles. The lowest BCUT2D eigenvalue weighted by Crippen LogP contribution is -2.69. The smallest absolute Gasteiger partial charge is 0.234 e. The molecule has 0 aromatic carbocycles. The van der Waals surface area contributed by atoms with Gasteiger partial charge in [0.1, 0.15) is 0 Å². The number of hydrogen-bond acceptors (Lipinski definition) is 3. The Labute approximate surface area is 104 Å². The summed E-state index contributed by atoms with van der Waals surface area (Å²) in [6, 6.07) is 0.329. The number of nitrogens with zero attached hydrogens (tertiary/aromatic N) is 1. The summed E-state index contributed by atoms with van der Waals surface area (Å²) in [5.41, 5.74) is 6.28. The van der Waals surface area contributed by atoms with Crippen molar-refractivity contribution in [1.29, 1.82) is 0 Å². The van der Waals surface area contributed by atoms with Crippen LogP contribution in [0.2, 0.25) is 0 Å². The van der Waals surface area contributed by atoms with Crippen molar-refractivity contribution < 1.29 is 4.79 Å². The summed E-state index contributed by atoms with van der Waals surface area (Å²) in [5, 5.41) is 3.07. The normalized spacial score (nSPS) is 23.5. The third-order valence-electron chi connectivity index (χ3n) is 4.14. The van der Waals surface area contributed by atoms with Gasteiger partial charge in [0.2, 0.25) is 5.91 Å². The summed E-state index contributed by atoms with van der Waals surface area (Å²) in [5.74, 6) is 0.873. The number of rotatable bonds is 6. The van der Waals surface area contributed by atoms with Crippen molar-refractivity contribution in [2.24, 2.45) is 11.7 Å². The Balaban J connectivity index is 1.67. The lowest BCUT2D eigenvalue weighted by molar-refractivity contribution is -0.125. The van der Waals surface area contributed by atoms with E-state index in [0.29, 0.717) is 12.6 Å². The largest absolute Gasteiger partial charge is 0.352 e. The van der Waals surface area contributed by atoms with Crippen LogP contribution in [0.1, 0.15) is 39.5 Å².